The molecule has 0 aliphatic heterocycles. The van der Waals surface area contributed by atoms with Gasteiger partial charge < -0.3 is 10.6 Å². The zero-order valence-corrected chi connectivity index (χ0v) is 14.0. The standard InChI is InChI=1S/C16H20N4O2S/c1-3-7-15-19-20-16(23-15)18-14(22)10-13(17-11(2)21)12-8-5-4-6-9-12/h4-6,8-9,13H,3,7,10H2,1-2H3,(H,17,21)(H,18,20,22). The summed E-state index contributed by atoms with van der Waals surface area (Å²) in [5.41, 5.74) is 0.891. The first-order chi connectivity index (χ1) is 11.1. The van der Waals surface area contributed by atoms with Crippen LogP contribution in [0.15, 0.2) is 30.3 Å². The van der Waals surface area contributed by atoms with Gasteiger partial charge in [0.1, 0.15) is 5.01 Å². The summed E-state index contributed by atoms with van der Waals surface area (Å²) in [6, 6.07) is 9.06. The summed E-state index contributed by atoms with van der Waals surface area (Å²) in [7, 11) is 0. The molecule has 1 aromatic carbocycles. The number of benzene rings is 1. The lowest BCUT2D eigenvalue weighted by molar-refractivity contribution is -0.120. The van der Waals surface area contributed by atoms with Crippen molar-refractivity contribution in [2.75, 3.05) is 5.32 Å². The molecule has 2 N–H and O–H groups in total. The van der Waals surface area contributed by atoms with Crippen LogP contribution in [0.1, 0.15) is 43.3 Å². The first-order valence-corrected chi connectivity index (χ1v) is 8.34. The van der Waals surface area contributed by atoms with Crippen LogP contribution in [0.5, 0.6) is 0 Å². The largest absolute Gasteiger partial charge is 0.349 e. The van der Waals surface area contributed by atoms with Crippen molar-refractivity contribution in [1.29, 1.82) is 0 Å². The van der Waals surface area contributed by atoms with Crippen LogP contribution in [-0.2, 0) is 16.0 Å². The molecule has 7 heteroatoms. The maximum absolute atomic E-state index is 12.2. The molecule has 1 atom stereocenters. The fraction of sp³-hybridized carbons (Fsp3) is 0.375. The highest BCUT2D eigenvalue weighted by atomic mass is 32.1. The third-order valence-corrected chi connectivity index (χ3v) is 4.04. The first-order valence-electron chi connectivity index (χ1n) is 7.52. The Morgan fingerprint density at radius 2 is 1.96 bits per heavy atom. The monoisotopic (exact) mass is 332 g/mol. The topological polar surface area (TPSA) is 84.0 Å². The maximum Gasteiger partial charge on any atom is 0.228 e. The van der Waals surface area contributed by atoms with Crippen molar-refractivity contribution in [1.82, 2.24) is 15.5 Å². The zero-order valence-electron chi connectivity index (χ0n) is 13.2. The van der Waals surface area contributed by atoms with Crippen LogP contribution >= 0.6 is 11.3 Å². The van der Waals surface area contributed by atoms with Crippen molar-refractivity contribution >= 4 is 28.3 Å². The Labute approximate surface area is 139 Å². The molecule has 0 saturated heterocycles. The highest BCUT2D eigenvalue weighted by Crippen LogP contribution is 2.20. The third-order valence-electron chi connectivity index (χ3n) is 3.15. The summed E-state index contributed by atoms with van der Waals surface area (Å²) in [4.78, 5) is 23.6. The van der Waals surface area contributed by atoms with E-state index in [0.29, 0.717) is 5.13 Å². The summed E-state index contributed by atoms with van der Waals surface area (Å²) < 4.78 is 0. The lowest BCUT2D eigenvalue weighted by atomic mass is 10.0. The molecule has 0 aliphatic carbocycles. The summed E-state index contributed by atoms with van der Waals surface area (Å²) in [5.74, 6) is -0.375. The minimum atomic E-state index is -0.364. The number of anilines is 1. The van der Waals surface area contributed by atoms with Gasteiger partial charge in [0.05, 0.1) is 12.5 Å². The summed E-state index contributed by atoms with van der Waals surface area (Å²) in [6.07, 6.45) is 1.99. The predicted octanol–water partition coefficient (Wildman–Crippen LogP) is 2.70. The van der Waals surface area contributed by atoms with Crippen molar-refractivity contribution in [2.24, 2.45) is 0 Å². The zero-order chi connectivity index (χ0) is 16.7. The highest BCUT2D eigenvalue weighted by Gasteiger charge is 2.18. The Hall–Kier alpha value is -2.28. The molecule has 1 heterocycles. The van der Waals surface area contributed by atoms with Gasteiger partial charge in [-0.2, -0.15) is 0 Å². The average molecular weight is 332 g/mol. The molecule has 23 heavy (non-hydrogen) atoms. The van der Waals surface area contributed by atoms with Crippen LogP contribution in [0.25, 0.3) is 0 Å². The molecular formula is C16H20N4O2S. The Kier molecular flexibility index (Phi) is 6.22. The smallest absolute Gasteiger partial charge is 0.228 e. The quantitative estimate of drug-likeness (QED) is 0.816. The number of carbonyl (C=O) groups excluding carboxylic acids is 2. The van der Waals surface area contributed by atoms with Crippen LogP contribution in [0.4, 0.5) is 5.13 Å². The van der Waals surface area contributed by atoms with Gasteiger partial charge in [-0.15, -0.1) is 10.2 Å². The van der Waals surface area contributed by atoms with Crippen LogP contribution in [-0.4, -0.2) is 22.0 Å². The summed E-state index contributed by atoms with van der Waals surface area (Å²) >= 11 is 1.38. The van der Waals surface area contributed by atoms with E-state index in [0.717, 1.165) is 23.4 Å². The van der Waals surface area contributed by atoms with E-state index in [4.69, 9.17) is 0 Å². The number of hydrogen-bond donors (Lipinski definition) is 2. The van der Waals surface area contributed by atoms with E-state index in [-0.39, 0.29) is 24.3 Å². The van der Waals surface area contributed by atoms with Crippen molar-refractivity contribution in [3.05, 3.63) is 40.9 Å². The van der Waals surface area contributed by atoms with Gasteiger partial charge >= 0.3 is 0 Å². The molecule has 0 spiro atoms. The van der Waals surface area contributed by atoms with Crippen LogP contribution in [0.3, 0.4) is 0 Å². The maximum atomic E-state index is 12.2. The number of amides is 2. The molecule has 0 radical (unpaired) electrons. The molecule has 6 nitrogen and oxygen atoms in total. The number of aromatic nitrogens is 2. The number of rotatable bonds is 7. The second-order valence-electron chi connectivity index (χ2n) is 5.17. The van der Waals surface area contributed by atoms with E-state index in [1.54, 1.807) is 0 Å². The van der Waals surface area contributed by atoms with Crippen LogP contribution in [0, 0.1) is 0 Å². The summed E-state index contributed by atoms with van der Waals surface area (Å²) in [6.45, 7) is 3.51. The van der Waals surface area contributed by atoms with Crippen molar-refractivity contribution in [3.63, 3.8) is 0 Å². The summed E-state index contributed by atoms with van der Waals surface area (Å²) in [5, 5.41) is 14.9. The Balaban J connectivity index is 2.00. The fourth-order valence-corrected chi connectivity index (χ4v) is 3.02. The van der Waals surface area contributed by atoms with E-state index in [1.807, 2.05) is 30.3 Å². The first kappa shape index (κ1) is 17.1. The number of carbonyl (C=O) groups is 2. The molecule has 0 saturated carbocycles. The minimum absolute atomic E-state index is 0.145. The van der Waals surface area contributed by atoms with Gasteiger partial charge in [-0.1, -0.05) is 48.6 Å². The molecule has 1 aromatic heterocycles. The SMILES string of the molecule is CCCc1nnc(NC(=O)CC(NC(C)=O)c2ccccc2)s1. The van der Waals surface area contributed by atoms with Crippen LogP contribution in [0.2, 0.25) is 0 Å². The van der Waals surface area contributed by atoms with E-state index >= 15 is 0 Å². The average Bonchev–Trinajstić information content (AvgIpc) is 2.94. The second-order valence-corrected chi connectivity index (χ2v) is 6.23. The van der Waals surface area contributed by atoms with Crippen molar-refractivity contribution in [2.45, 2.75) is 39.2 Å². The number of nitrogens with one attached hydrogen (secondary N) is 2. The molecule has 2 rings (SSSR count). The predicted molar refractivity (Wildman–Crippen MR) is 90.2 cm³/mol. The Morgan fingerprint density at radius 3 is 2.61 bits per heavy atom. The van der Waals surface area contributed by atoms with Crippen molar-refractivity contribution < 1.29 is 9.59 Å². The lowest BCUT2D eigenvalue weighted by Crippen LogP contribution is -2.29. The molecule has 0 bridgehead atoms. The van der Waals surface area contributed by atoms with Gasteiger partial charge in [0.2, 0.25) is 16.9 Å². The molecule has 0 aliphatic rings. The Morgan fingerprint density at radius 1 is 1.22 bits per heavy atom. The van der Waals surface area contributed by atoms with E-state index in [2.05, 4.69) is 27.8 Å². The van der Waals surface area contributed by atoms with E-state index in [9.17, 15) is 9.59 Å². The second kappa shape index (κ2) is 8.38. The molecule has 1 unspecified atom stereocenters. The number of nitrogens with zero attached hydrogens (tertiary/aromatic N) is 2. The van der Waals surface area contributed by atoms with Crippen molar-refractivity contribution in [3.8, 4) is 0 Å². The Bertz CT molecular complexity index is 657. The van der Waals surface area contributed by atoms with Gasteiger partial charge in [0, 0.05) is 13.3 Å². The number of hydrogen-bond acceptors (Lipinski definition) is 5. The van der Waals surface area contributed by atoms with Gasteiger partial charge in [-0.25, -0.2) is 0 Å². The van der Waals surface area contributed by atoms with Gasteiger partial charge in [0.15, 0.2) is 0 Å². The normalized spacial score (nSPS) is 11.7. The highest BCUT2D eigenvalue weighted by molar-refractivity contribution is 7.15. The molecular weight excluding hydrogens is 312 g/mol. The van der Waals surface area contributed by atoms with Crippen LogP contribution < -0.4 is 10.6 Å². The third kappa shape index (κ3) is 5.45. The van der Waals surface area contributed by atoms with E-state index in [1.165, 1.54) is 18.3 Å². The molecule has 122 valence electrons. The van der Waals surface area contributed by atoms with Gasteiger partial charge in [-0.3, -0.25) is 9.59 Å². The minimum Gasteiger partial charge on any atom is -0.349 e. The molecule has 2 amide bonds. The fourth-order valence-electron chi connectivity index (χ4n) is 2.16. The van der Waals surface area contributed by atoms with Gasteiger partial charge in [0.25, 0.3) is 0 Å². The van der Waals surface area contributed by atoms with E-state index < -0.39 is 0 Å². The van der Waals surface area contributed by atoms with Gasteiger partial charge in [-0.05, 0) is 12.0 Å². The lowest BCUT2D eigenvalue weighted by Gasteiger charge is -2.17. The molecule has 2 aromatic rings. The molecule has 0 fully saturated rings. The number of aryl methyl sites for hydroxylation is 1.